The molecule has 1 N–H and O–H groups in total. The first-order valence-corrected chi connectivity index (χ1v) is 10.3. The van der Waals surface area contributed by atoms with E-state index in [0.29, 0.717) is 11.8 Å². The van der Waals surface area contributed by atoms with Gasteiger partial charge in [-0.3, -0.25) is 0 Å². The van der Waals surface area contributed by atoms with E-state index in [9.17, 15) is 0 Å². The quantitative estimate of drug-likeness (QED) is 0.291. The molecular weight excluding hydrogens is 338 g/mol. The molecular formula is C23H39NOS. The molecule has 0 aromatic carbocycles. The summed E-state index contributed by atoms with van der Waals surface area (Å²) in [4.78, 5) is 0. The van der Waals surface area contributed by atoms with E-state index in [0.717, 1.165) is 38.6 Å². The predicted octanol–water partition coefficient (Wildman–Crippen LogP) is 7.04. The fourth-order valence-electron chi connectivity index (χ4n) is 2.44. The monoisotopic (exact) mass is 377 g/mol. The Kier molecular flexibility index (Phi) is 15.0. The van der Waals surface area contributed by atoms with Gasteiger partial charge in [-0.2, -0.15) is 0 Å². The van der Waals surface area contributed by atoms with Crippen LogP contribution in [0.2, 0.25) is 0 Å². The van der Waals surface area contributed by atoms with Gasteiger partial charge in [-0.05, 0) is 98.4 Å². The smallest absolute Gasteiger partial charge is 0.256 e. The summed E-state index contributed by atoms with van der Waals surface area (Å²) in [6, 6.07) is 0. The number of allylic oxidation sites excluding steroid dienone is 7. The molecule has 148 valence electrons. The highest BCUT2D eigenvalue weighted by atomic mass is 32.1. The molecule has 0 saturated heterocycles. The minimum Gasteiger partial charge on any atom is -0.467 e. The zero-order valence-electron chi connectivity index (χ0n) is 17.8. The van der Waals surface area contributed by atoms with E-state index < -0.39 is 0 Å². The van der Waals surface area contributed by atoms with E-state index in [1.807, 2.05) is 6.92 Å². The van der Waals surface area contributed by atoms with Crippen LogP contribution < -0.4 is 5.32 Å². The van der Waals surface area contributed by atoms with Crippen LogP contribution in [-0.2, 0) is 4.74 Å². The molecule has 0 aliphatic rings. The Balaban J connectivity index is 3.99. The van der Waals surface area contributed by atoms with Gasteiger partial charge in [0.15, 0.2) is 0 Å². The molecule has 0 heterocycles. The van der Waals surface area contributed by atoms with E-state index in [-0.39, 0.29) is 0 Å². The maximum absolute atomic E-state index is 5.42. The fraction of sp³-hybridized carbons (Fsp3) is 0.609. The fourth-order valence-corrected chi connectivity index (χ4v) is 2.65. The third-order valence-electron chi connectivity index (χ3n) is 4.12. The minimum atomic E-state index is 0.483. The lowest BCUT2D eigenvalue weighted by Crippen LogP contribution is -2.23. The van der Waals surface area contributed by atoms with Crippen LogP contribution in [0.15, 0.2) is 46.6 Å². The summed E-state index contributed by atoms with van der Waals surface area (Å²) in [7, 11) is 0. The van der Waals surface area contributed by atoms with Gasteiger partial charge in [0, 0.05) is 6.54 Å². The highest BCUT2D eigenvalue weighted by molar-refractivity contribution is 7.80. The molecule has 0 bridgehead atoms. The Morgan fingerprint density at radius 1 is 0.769 bits per heavy atom. The Labute approximate surface area is 167 Å². The zero-order chi connectivity index (χ0) is 19.8. The van der Waals surface area contributed by atoms with Gasteiger partial charge < -0.3 is 10.1 Å². The zero-order valence-corrected chi connectivity index (χ0v) is 18.6. The molecule has 0 spiro atoms. The van der Waals surface area contributed by atoms with Crippen LogP contribution in [-0.4, -0.2) is 18.3 Å². The molecule has 0 unspecified atom stereocenters. The lowest BCUT2D eigenvalue weighted by molar-refractivity contribution is 0.342. The third kappa shape index (κ3) is 16.1. The van der Waals surface area contributed by atoms with Crippen molar-refractivity contribution in [1.29, 1.82) is 0 Å². The molecule has 0 fully saturated rings. The molecule has 0 saturated carbocycles. The normalized spacial score (nSPS) is 12.8. The maximum Gasteiger partial charge on any atom is 0.256 e. The van der Waals surface area contributed by atoms with Crippen LogP contribution in [0.4, 0.5) is 0 Å². The number of hydrogen-bond donors (Lipinski definition) is 1. The lowest BCUT2D eigenvalue weighted by atomic mass is 10.0. The van der Waals surface area contributed by atoms with Gasteiger partial charge in [-0.1, -0.05) is 40.5 Å². The molecule has 0 rings (SSSR count). The molecule has 2 nitrogen and oxygen atoms in total. The Morgan fingerprint density at radius 2 is 1.23 bits per heavy atom. The summed E-state index contributed by atoms with van der Waals surface area (Å²) in [5.41, 5.74) is 5.75. The highest BCUT2D eigenvalue weighted by Crippen LogP contribution is 2.13. The second-order valence-corrected chi connectivity index (χ2v) is 7.55. The molecule has 26 heavy (non-hydrogen) atoms. The summed E-state index contributed by atoms with van der Waals surface area (Å²) in [6.45, 7) is 14.3. The van der Waals surface area contributed by atoms with Crippen LogP contribution in [0.5, 0.6) is 0 Å². The van der Waals surface area contributed by atoms with Crippen molar-refractivity contribution in [3.8, 4) is 0 Å². The van der Waals surface area contributed by atoms with Crippen molar-refractivity contribution in [2.45, 2.75) is 80.1 Å². The summed E-state index contributed by atoms with van der Waals surface area (Å²) >= 11 is 5.04. The second kappa shape index (κ2) is 15.9. The van der Waals surface area contributed by atoms with Crippen molar-refractivity contribution < 1.29 is 4.74 Å². The Morgan fingerprint density at radius 3 is 1.69 bits per heavy atom. The first-order valence-electron chi connectivity index (χ1n) is 9.86. The van der Waals surface area contributed by atoms with Crippen molar-refractivity contribution in [2.24, 2.45) is 0 Å². The molecule has 0 atom stereocenters. The van der Waals surface area contributed by atoms with Crippen molar-refractivity contribution in [3.63, 3.8) is 0 Å². The first-order chi connectivity index (χ1) is 12.3. The maximum atomic E-state index is 5.42. The number of thiocarbonyl (C=S) groups is 1. The van der Waals surface area contributed by atoms with Gasteiger partial charge in [0.1, 0.15) is 6.61 Å². The third-order valence-corrected chi connectivity index (χ3v) is 4.38. The molecule has 0 aliphatic carbocycles. The van der Waals surface area contributed by atoms with Gasteiger partial charge in [0.05, 0.1) is 0 Å². The molecule has 0 radical (unpaired) electrons. The van der Waals surface area contributed by atoms with Gasteiger partial charge >= 0.3 is 0 Å². The van der Waals surface area contributed by atoms with E-state index in [1.165, 1.54) is 28.7 Å². The molecule has 0 amide bonds. The van der Waals surface area contributed by atoms with Gasteiger partial charge in [0.25, 0.3) is 5.17 Å². The van der Waals surface area contributed by atoms with Gasteiger partial charge in [-0.25, -0.2) is 0 Å². The van der Waals surface area contributed by atoms with Crippen molar-refractivity contribution in [2.75, 3.05) is 13.2 Å². The number of rotatable bonds is 12. The van der Waals surface area contributed by atoms with Crippen molar-refractivity contribution in [1.82, 2.24) is 5.32 Å². The SMILES string of the molecule is CCNC(=S)OCC=C(C)CCC=C(C)CCC=C(C)CCC=C(C)C. The van der Waals surface area contributed by atoms with Gasteiger partial charge in [0.2, 0.25) is 0 Å². The first kappa shape index (κ1) is 24.7. The average molecular weight is 378 g/mol. The molecule has 0 aliphatic heterocycles. The molecule has 0 aromatic rings. The van der Waals surface area contributed by atoms with Crippen molar-refractivity contribution in [3.05, 3.63) is 46.6 Å². The summed E-state index contributed by atoms with van der Waals surface area (Å²) < 4.78 is 5.42. The summed E-state index contributed by atoms with van der Waals surface area (Å²) in [5, 5.41) is 3.47. The van der Waals surface area contributed by atoms with Crippen LogP contribution in [0.1, 0.15) is 80.1 Å². The largest absolute Gasteiger partial charge is 0.467 e. The van der Waals surface area contributed by atoms with Crippen LogP contribution in [0.3, 0.4) is 0 Å². The molecule has 3 heteroatoms. The van der Waals surface area contributed by atoms with E-state index in [4.69, 9.17) is 17.0 Å². The van der Waals surface area contributed by atoms with Crippen LogP contribution in [0, 0.1) is 0 Å². The second-order valence-electron chi connectivity index (χ2n) is 7.18. The van der Waals surface area contributed by atoms with E-state index in [1.54, 1.807) is 0 Å². The topological polar surface area (TPSA) is 21.3 Å². The Hall–Kier alpha value is -1.35. The lowest BCUT2D eigenvalue weighted by Gasteiger charge is -2.06. The Bertz CT molecular complexity index is 522. The van der Waals surface area contributed by atoms with Gasteiger partial charge in [-0.15, -0.1) is 0 Å². The number of nitrogens with one attached hydrogen (secondary N) is 1. The standard InChI is InChI=1S/C23H39NOS/c1-7-24-23(26)25-18-17-22(6)16-10-15-21(5)14-9-13-20(4)12-8-11-19(2)3/h11,13,15,17H,7-10,12,14,16,18H2,1-6H3,(H,24,26). The number of hydrogen-bond acceptors (Lipinski definition) is 2. The molecule has 0 aromatic heterocycles. The summed E-state index contributed by atoms with van der Waals surface area (Å²) in [6.07, 6.45) is 16.0. The predicted molar refractivity (Wildman–Crippen MR) is 121 cm³/mol. The van der Waals surface area contributed by atoms with E-state index >= 15 is 0 Å². The number of ether oxygens (including phenoxy) is 1. The van der Waals surface area contributed by atoms with Crippen LogP contribution in [0.25, 0.3) is 0 Å². The van der Waals surface area contributed by atoms with Crippen LogP contribution >= 0.6 is 12.2 Å². The minimum absolute atomic E-state index is 0.483. The summed E-state index contributed by atoms with van der Waals surface area (Å²) in [5.74, 6) is 0. The average Bonchev–Trinajstić information content (AvgIpc) is 2.54. The highest BCUT2D eigenvalue weighted by Gasteiger charge is 1.95. The van der Waals surface area contributed by atoms with E-state index in [2.05, 4.69) is 64.2 Å². The van der Waals surface area contributed by atoms with Crippen molar-refractivity contribution >= 4 is 17.4 Å².